The molecular weight excluding hydrogens is 396 g/mol. The molecule has 158 valence electrons. The third-order valence-electron chi connectivity index (χ3n) is 4.94. The van der Waals surface area contributed by atoms with Crippen molar-refractivity contribution in [1.82, 2.24) is 0 Å². The summed E-state index contributed by atoms with van der Waals surface area (Å²) in [6, 6.07) is 18.4. The van der Waals surface area contributed by atoms with Gasteiger partial charge in [-0.2, -0.15) is 0 Å². The van der Waals surface area contributed by atoms with Gasteiger partial charge in [-0.25, -0.2) is 4.79 Å². The highest BCUT2D eigenvalue weighted by molar-refractivity contribution is 5.99. The predicted molar refractivity (Wildman–Crippen MR) is 117 cm³/mol. The summed E-state index contributed by atoms with van der Waals surface area (Å²) < 4.78 is 5.57. The van der Waals surface area contributed by atoms with E-state index in [0.29, 0.717) is 11.3 Å². The second-order valence-electron chi connectivity index (χ2n) is 7.21. The van der Waals surface area contributed by atoms with E-state index in [2.05, 4.69) is 5.32 Å². The first-order chi connectivity index (χ1) is 14.8. The van der Waals surface area contributed by atoms with Gasteiger partial charge in [-0.3, -0.25) is 14.9 Å². The van der Waals surface area contributed by atoms with E-state index in [0.717, 1.165) is 11.1 Å². The summed E-state index contributed by atoms with van der Waals surface area (Å²) in [6.45, 7) is 5.25. The standard InChI is InChI=1S/C24H22N2O5/c1-15-12-13-16(2)20(14-15)25-23(27)22(18-8-5-4-6-9-18)31-24(28)19-10-7-11-21(17(19)3)26(29)30/h4-14,22H,1-3H3,(H,25,27)/t22-/m0/s1. The Kier molecular flexibility index (Phi) is 6.45. The quantitative estimate of drug-likeness (QED) is 0.343. The molecule has 0 saturated heterocycles. The van der Waals surface area contributed by atoms with Crippen molar-refractivity contribution in [2.45, 2.75) is 26.9 Å². The topological polar surface area (TPSA) is 98.5 Å². The van der Waals surface area contributed by atoms with Gasteiger partial charge in [0.1, 0.15) is 0 Å². The van der Waals surface area contributed by atoms with Crippen molar-refractivity contribution in [3.05, 3.63) is 105 Å². The van der Waals surface area contributed by atoms with Crippen molar-refractivity contribution < 1.29 is 19.2 Å². The van der Waals surface area contributed by atoms with E-state index < -0.39 is 22.9 Å². The van der Waals surface area contributed by atoms with Gasteiger partial charge >= 0.3 is 5.97 Å². The van der Waals surface area contributed by atoms with Crippen molar-refractivity contribution >= 4 is 23.3 Å². The van der Waals surface area contributed by atoms with Crippen LogP contribution in [0.3, 0.4) is 0 Å². The molecule has 1 N–H and O–H groups in total. The maximum absolute atomic E-state index is 13.1. The molecule has 1 atom stereocenters. The molecule has 0 aliphatic rings. The number of amides is 1. The number of hydrogen-bond donors (Lipinski definition) is 1. The molecule has 0 spiro atoms. The van der Waals surface area contributed by atoms with Crippen LogP contribution in [0.15, 0.2) is 66.7 Å². The Morgan fingerprint density at radius 2 is 1.68 bits per heavy atom. The Hall–Kier alpha value is -4.00. The highest BCUT2D eigenvalue weighted by atomic mass is 16.6. The highest BCUT2D eigenvalue weighted by Gasteiger charge is 2.28. The molecule has 0 unspecified atom stereocenters. The van der Waals surface area contributed by atoms with Crippen molar-refractivity contribution in [3.63, 3.8) is 0 Å². The first-order valence-corrected chi connectivity index (χ1v) is 9.66. The summed E-state index contributed by atoms with van der Waals surface area (Å²) in [5, 5.41) is 14.0. The molecule has 3 aromatic carbocycles. The maximum Gasteiger partial charge on any atom is 0.339 e. The Morgan fingerprint density at radius 3 is 2.35 bits per heavy atom. The number of carbonyl (C=O) groups excluding carboxylic acids is 2. The molecule has 7 heteroatoms. The number of benzene rings is 3. The van der Waals surface area contributed by atoms with Crippen LogP contribution in [-0.2, 0) is 9.53 Å². The minimum absolute atomic E-state index is 0.0367. The average molecular weight is 418 g/mol. The second kappa shape index (κ2) is 9.21. The number of nitro benzene ring substituents is 1. The molecular formula is C24H22N2O5. The molecule has 0 aliphatic heterocycles. The number of esters is 1. The molecule has 3 rings (SSSR count). The van der Waals surface area contributed by atoms with Gasteiger partial charge in [0.25, 0.3) is 11.6 Å². The fourth-order valence-corrected chi connectivity index (χ4v) is 3.18. The monoisotopic (exact) mass is 418 g/mol. The molecule has 0 saturated carbocycles. The Bertz CT molecular complexity index is 1140. The maximum atomic E-state index is 13.1. The first-order valence-electron chi connectivity index (χ1n) is 9.66. The van der Waals surface area contributed by atoms with E-state index in [-0.39, 0.29) is 16.8 Å². The molecule has 0 aromatic heterocycles. The largest absolute Gasteiger partial charge is 0.444 e. The number of rotatable bonds is 6. The van der Waals surface area contributed by atoms with E-state index in [4.69, 9.17) is 4.74 Å². The van der Waals surface area contributed by atoms with Gasteiger partial charge in [0.15, 0.2) is 0 Å². The molecule has 0 fully saturated rings. The minimum atomic E-state index is -1.23. The molecule has 0 bridgehead atoms. The zero-order valence-corrected chi connectivity index (χ0v) is 17.4. The average Bonchev–Trinajstić information content (AvgIpc) is 2.75. The number of carbonyl (C=O) groups is 2. The number of anilines is 1. The van der Waals surface area contributed by atoms with Crippen LogP contribution in [0, 0.1) is 30.9 Å². The van der Waals surface area contributed by atoms with E-state index in [1.807, 2.05) is 32.0 Å². The van der Waals surface area contributed by atoms with Gasteiger partial charge in [-0.1, -0.05) is 48.5 Å². The van der Waals surface area contributed by atoms with Gasteiger partial charge in [0, 0.05) is 22.9 Å². The Labute approximate surface area is 179 Å². The number of nitrogens with zero attached hydrogens (tertiary/aromatic N) is 1. The van der Waals surface area contributed by atoms with E-state index in [1.165, 1.54) is 25.1 Å². The van der Waals surface area contributed by atoms with Crippen LogP contribution in [0.1, 0.15) is 38.7 Å². The van der Waals surface area contributed by atoms with Gasteiger partial charge in [0.05, 0.1) is 10.5 Å². The van der Waals surface area contributed by atoms with Crippen molar-refractivity contribution in [2.24, 2.45) is 0 Å². The van der Waals surface area contributed by atoms with Gasteiger partial charge in [0.2, 0.25) is 6.10 Å². The fraction of sp³-hybridized carbons (Fsp3) is 0.167. The number of aryl methyl sites for hydroxylation is 2. The van der Waals surface area contributed by atoms with Crippen LogP contribution in [0.5, 0.6) is 0 Å². The lowest BCUT2D eigenvalue weighted by atomic mass is 10.1. The van der Waals surface area contributed by atoms with Gasteiger partial charge < -0.3 is 10.1 Å². The normalized spacial score (nSPS) is 11.5. The molecule has 3 aromatic rings. The zero-order chi connectivity index (χ0) is 22.5. The summed E-state index contributed by atoms with van der Waals surface area (Å²) in [5.74, 6) is -1.33. The van der Waals surface area contributed by atoms with E-state index >= 15 is 0 Å². The highest BCUT2D eigenvalue weighted by Crippen LogP contribution is 2.26. The van der Waals surface area contributed by atoms with Crippen LogP contribution in [0.25, 0.3) is 0 Å². The van der Waals surface area contributed by atoms with Gasteiger partial charge in [-0.05, 0) is 44.0 Å². The molecule has 7 nitrogen and oxygen atoms in total. The predicted octanol–water partition coefficient (Wildman–Crippen LogP) is 5.06. The van der Waals surface area contributed by atoms with E-state index in [1.54, 1.807) is 30.3 Å². The molecule has 0 aliphatic carbocycles. The summed E-state index contributed by atoms with van der Waals surface area (Å²) in [5.41, 5.74) is 2.97. The van der Waals surface area contributed by atoms with Crippen LogP contribution >= 0.6 is 0 Å². The Morgan fingerprint density at radius 1 is 0.968 bits per heavy atom. The molecule has 1 amide bonds. The number of nitrogens with one attached hydrogen (secondary N) is 1. The molecule has 0 heterocycles. The summed E-state index contributed by atoms with van der Waals surface area (Å²) in [7, 11) is 0. The molecule has 31 heavy (non-hydrogen) atoms. The number of ether oxygens (including phenoxy) is 1. The Balaban J connectivity index is 1.93. The number of hydrogen-bond acceptors (Lipinski definition) is 5. The molecule has 0 radical (unpaired) electrons. The lowest BCUT2D eigenvalue weighted by Gasteiger charge is -2.19. The van der Waals surface area contributed by atoms with Crippen molar-refractivity contribution in [1.29, 1.82) is 0 Å². The van der Waals surface area contributed by atoms with Crippen LogP contribution < -0.4 is 5.32 Å². The summed E-state index contributed by atoms with van der Waals surface area (Å²) in [6.07, 6.45) is -1.23. The third kappa shape index (κ3) is 4.95. The SMILES string of the molecule is Cc1ccc(C)c(NC(=O)[C@@H](OC(=O)c2cccc([N+](=O)[O-])c2C)c2ccccc2)c1. The van der Waals surface area contributed by atoms with Gasteiger partial charge in [-0.15, -0.1) is 0 Å². The second-order valence-corrected chi connectivity index (χ2v) is 7.21. The van der Waals surface area contributed by atoms with Crippen LogP contribution in [0.2, 0.25) is 0 Å². The number of nitro groups is 1. The third-order valence-corrected chi connectivity index (χ3v) is 4.94. The first kappa shape index (κ1) is 21.7. The van der Waals surface area contributed by atoms with Crippen LogP contribution in [0.4, 0.5) is 11.4 Å². The summed E-state index contributed by atoms with van der Waals surface area (Å²) >= 11 is 0. The lowest BCUT2D eigenvalue weighted by molar-refractivity contribution is -0.385. The minimum Gasteiger partial charge on any atom is -0.444 e. The smallest absolute Gasteiger partial charge is 0.339 e. The fourth-order valence-electron chi connectivity index (χ4n) is 3.18. The van der Waals surface area contributed by atoms with E-state index in [9.17, 15) is 19.7 Å². The van der Waals surface area contributed by atoms with Crippen molar-refractivity contribution in [2.75, 3.05) is 5.32 Å². The van der Waals surface area contributed by atoms with Crippen molar-refractivity contribution in [3.8, 4) is 0 Å². The van der Waals surface area contributed by atoms with Crippen LogP contribution in [-0.4, -0.2) is 16.8 Å². The summed E-state index contributed by atoms with van der Waals surface area (Å²) in [4.78, 5) is 36.6. The lowest BCUT2D eigenvalue weighted by Crippen LogP contribution is -2.26. The zero-order valence-electron chi connectivity index (χ0n) is 17.4.